The number of benzene rings is 1. The number of thiophene rings is 1. The predicted molar refractivity (Wildman–Crippen MR) is 99.1 cm³/mol. The van der Waals surface area contributed by atoms with Crippen molar-refractivity contribution in [2.45, 2.75) is 26.3 Å². The van der Waals surface area contributed by atoms with E-state index in [0.29, 0.717) is 4.88 Å². The number of nitrogens with one attached hydrogen (secondary N) is 1. The van der Waals surface area contributed by atoms with E-state index in [4.69, 9.17) is 4.74 Å². The van der Waals surface area contributed by atoms with Gasteiger partial charge in [-0.15, -0.1) is 11.3 Å². The average Bonchev–Trinajstić information content (AvgIpc) is 3.14. The Kier molecular flexibility index (Phi) is 4.82. The first kappa shape index (κ1) is 18.1. The fraction of sp³-hybridized carbons (Fsp3) is 0.316. The number of urea groups is 1. The van der Waals surface area contributed by atoms with Crippen LogP contribution in [-0.4, -0.2) is 41.5 Å². The van der Waals surface area contributed by atoms with E-state index in [-0.39, 0.29) is 19.1 Å². The molecule has 2 heterocycles. The maximum atomic E-state index is 12.4. The van der Waals surface area contributed by atoms with Crippen LogP contribution in [0.3, 0.4) is 0 Å². The molecule has 6 nitrogen and oxygen atoms in total. The Morgan fingerprint density at radius 3 is 2.50 bits per heavy atom. The van der Waals surface area contributed by atoms with Gasteiger partial charge in [-0.05, 0) is 37.8 Å². The van der Waals surface area contributed by atoms with Crippen molar-refractivity contribution >= 4 is 29.2 Å². The third-order valence-electron chi connectivity index (χ3n) is 4.21. The molecule has 0 saturated carbocycles. The van der Waals surface area contributed by atoms with Gasteiger partial charge in [-0.25, -0.2) is 9.59 Å². The van der Waals surface area contributed by atoms with Gasteiger partial charge in [-0.2, -0.15) is 0 Å². The van der Waals surface area contributed by atoms with Crippen LogP contribution in [0, 0.1) is 6.92 Å². The molecule has 0 atom stereocenters. The van der Waals surface area contributed by atoms with Crippen LogP contribution < -0.4 is 5.32 Å². The van der Waals surface area contributed by atoms with Gasteiger partial charge in [0.15, 0.2) is 0 Å². The van der Waals surface area contributed by atoms with E-state index in [1.165, 1.54) is 11.3 Å². The Morgan fingerprint density at radius 2 is 1.88 bits per heavy atom. The second-order valence-corrected chi connectivity index (χ2v) is 7.59. The second-order valence-electron chi connectivity index (χ2n) is 6.68. The number of imide groups is 1. The minimum absolute atomic E-state index is 0.0328. The zero-order chi connectivity index (χ0) is 18.9. The lowest BCUT2D eigenvalue weighted by atomic mass is 10.1. The summed E-state index contributed by atoms with van der Waals surface area (Å²) in [6.07, 6.45) is 0. The van der Waals surface area contributed by atoms with Crippen molar-refractivity contribution < 1.29 is 19.1 Å². The van der Waals surface area contributed by atoms with Crippen LogP contribution in [0.15, 0.2) is 35.7 Å². The normalized spacial score (nSPS) is 15.9. The van der Waals surface area contributed by atoms with E-state index in [1.54, 1.807) is 13.8 Å². The summed E-state index contributed by atoms with van der Waals surface area (Å²) >= 11 is 1.31. The van der Waals surface area contributed by atoms with Crippen LogP contribution in [0.4, 0.5) is 4.79 Å². The van der Waals surface area contributed by atoms with Gasteiger partial charge in [-0.1, -0.05) is 29.8 Å². The Hall–Kier alpha value is -2.67. The van der Waals surface area contributed by atoms with E-state index in [2.05, 4.69) is 5.32 Å². The first-order valence-corrected chi connectivity index (χ1v) is 9.13. The molecule has 0 unspecified atom stereocenters. The minimum Gasteiger partial charge on any atom is -0.460 e. The third-order valence-corrected chi connectivity index (χ3v) is 5.10. The number of hydrogen-bond donors (Lipinski definition) is 1. The highest BCUT2D eigenvalue weighted by Crippen LogP contribution is 2.29. The van der Waals surface area contributed by atoms with Gasteiger partial charge < -0.3 is 10.1 Å². The van der Waals surface area contributed by atoms with Gasteiger partial charge in [0.1, 0.15) is 17.0 Å². The maximum Gasteiger partial charge on any atom is 0.349 e. The van der Waals surface area contributed by atoms with E-state index >= 15 is 0 Å². The highest BCUT2D eigenvalue weighted by molar-refractivity contribution is 7.12. The molecular weight excluding hydrogens is 352 g/mol. The number of ether oxygens (including phenoxy) is 1. The summed E-state index contributed by atoms with van der Waals surface area (Å²) < 4.78 is 5.30. The standard InChI is InChI=1S/C19H20N2O4S/c1-12-4-6-13(7-5-12)14-8-11-26-15(14)16(22)25-10-9-21-17(23)19(2,3)20-18(21)24/h4-8,11H,9-10H2,1-3H3,(H,20,24). The summed E-state index contributed by atoms with van der Waals surface area (Å²) in [5.41, 5.74) is 1.98. The van der Waals surface area contributed by atoms with Crippen molar-refractivity contribution in [3.63, 3.8) is 0 Å². The molecule has 0 aliphatic carbocycles. The van der Waals surface area contributed by atoms with E-state index in [9.17, 15) is 14.4 Å². The summed E-state index contributed by atoms with van der Waals surface area (Å²) in [4.78, 5) is 37.9. The number of carbonyl (C=O) groups excluding carboxylic acids is 3. The number of hydrogen-bond acceptors (Lipinski definition) is 5. The molecule has 0 radical (unpaired) electrons. The molecule has 1 aromatic heterocycles. The molecule has 1 saturated heterocycles. The molecular formula is C19H20N2O4S. The number of rotatable bonds is 5. The molecule has 1 aromatic carbocycles. The lowest BCUT2D eigenvalue weighted by Crippen LogP contribution is -2.40. The van der Waals surface area contributed by atoms with Crippen molar-refractivity contribution in [2.24, 2.45) is 0 Å². The van der Waals surface area contributed by atoms with Crippen molar-refractivity contribution in [3.8, 4) is 11.1 Å². The molecule has 7 heteroatoms. The quantitative estimate of drug-likeness (QED) is 0.646. The van der Waals surface area contributed by atoms with Crippen molar-refractivity contribution in [3.05, 3.63) is 46.2 Å². The lowest BCUT2D eigenvalue weighted by molar-refractivity contribution is -0.130. The molecule has 1 fully saturated rings. The van der Waals surface area contributed by atoms with Crippen LogP contribution in [0.5, 0.6) is 0 Å². The predicted octanol–water partition coefficient (Wildman–Crippen LogP) is 3.21. The smallest absolute Gasteiger partial charge is 0.349 e. The van der Waals surface area contributed by atoms with Crippen LogP contribution in [-0.2, 0) is 9.53 Å². The van der Waals surface area contributed by atoms with E-state index < -0.39 is 17.5 Å². The molecule has 1 N–H and O–H groups in total. The number of carbonyl (C=O) groups is 3. The van der Waals surface area contributed by atoms with Crippen molar-refractivity contribution in [1.82, 2.24) is 10.2 Å². The average molecular weight is 372 g/mol. The first-order valence-electron chi connectivity index (χ1n) is 8.25. The van der Waals surface area contributed by atoms with Gasteiger partial charge in [0, 0.05) is 5.56 Å². The Morgan fingerprint density at radius 1 is 1.19 bits per heavy atom. The Balaban J connectivity index is 1.63. The molecule has 0 bridgehead atoms. The van der Waals surface area contributed by atoms with Gasteiger partial charge in [0.25, 0.3) is 5.91 Å². The molecule has 0 spiro atoms. The Labute approximate surface area is 155 Å². The number of aryl methyl sites for hydroxylation is 1. The highest BCUT2D eigenvalue weighted by atomic mass is 32.1. The van der Waals surface area contributed by atoms with Crippen molar-refractivity contribution in [2.75, 3.05) is 13.2 Å². The van der Waals surface area contributed by atoms with Crippen molar-refractivity contribution in [1.29, 1.82) is 0 Å². The summed E-state index contributed by atoms with van der Waals surface area (Å²) in [6, 6.07) is 9.31. The molecule has 3 rings (SSSR count). The lowest BCUT2D eigenvalue weighted by Gasteiger charge is -2.15. The Bertz CT molecular complexity index is 855. The summed E-state index contributed by atoms with van der Waals surface area (Å²) in [7, 11) is 0. The van der Waals surface area contributed by atoms with Crippen LogP contribution >= 0.6 is 11.3 Å². The highest BCUT2D eigenvalue weighted by Gasteiger charge is 2.44. The maximum absolute atomic E-state index is 12.4. The number of esters is 1. The zero-order valence-corrected chi connectivity index (χ0v) is 15.7. The molecule has 2 aromatic rings. The van der Waals surface area contributed by atoms with Crippen LogP contribution in [0.2, 0.25) is 0 Å². The van der Waals surface area contributed by atoms with E-state index in [0.717, 1.165) is 21.6 Å². The summed E-state index contributed by atoms with van der Waals surface area (Å²) in [5, 5.41) is 4.43. The SMILES string of the molecule is Cc1ccc(-c2ccsc2C(=O)OCCN2C(=O)NC(C)(C)C2=O)cc1. The monoisotopic (exact) mass is 372 g/mol. The molecule has 26 heavy (non-hydrogen) atoms. The second kappa shape index (κ2) is 6.92. The number of nitrogens with zero attached hydrogens (tertiary/aromatic N) is 1. The van der Waals surface area contributed by atoms with Gasteiger partial charge >= 0.3 is 12.0 Å². The van der Waals surface area contributed by atoms with Crippen LogP contribution in [0.1, 0.15) is 29.1 Å². The number of amides is 3. The molecule has 3 amide bonds. The fourth-order valence-electron chi connectivity index (χ4n) is 2.74. The minimum atomic E-state index is -0.923. The van der Waals surface area contributed by atoms with E-state index in [1.807, 2.05) is 42.6 Å². The van der Waals surface area contributed by atoms with Crippen LogP contribution in [0.25, 0.3) is 11.1 Å². The molecule has 136 valence electrons. The summed E-state index contributed by atoms with van der Waals surface area (Å²) in [5.74, 6) is -0.781. The third kappa shape index (κ3) is 3.48. The van der Waals surface area contributed by atoms with Gasteiger partial charge in [0.05, 0.1) is 6.54 Å². The molecule has 1 aliphatic heterocycles. The summed E-state index contributed by atoms with van der Waals surface area (Å²) in [6.45, 7) is 5.27. The topological polar surface area (TPSA) is 75.7 Å². The largest absolute Gasteiger partial charge is 0.460 e. The zero-order valence-electron chi connectivity index (χ0n) is 14.9. The molecule has 1 aliphatic rings. The van der Waals surface area contributed by atoms with Gasteiger partial charge in [-0.3, -0.25) is 9.69 Å². The van der Waals surface area contributed by atoms with Gasteiger partial charge in [0.2, 0.25) is 0 Å². The fourth-order valence-corrected chi connectivity index (χ4v) is 3.55. The first-order chi connectivity index (χ1) is 12.3.